The first kappa shape index (κ1) is 17.6. The Balaban J connectivity index is 2.56. The minimum absolute atomic E-state index is 0.0196. The molecule has 0 aliphatic carbocycles. The number of hydrogen-bond acceptors (Lipinski definition) is 3. The first-order valence-electron chi connectivity index (χ1n) is 7.34. The van der Waals surface area contributed by atoms with Crippen LogP contribution in [0.4, 0.5) is 4.39 Å². The molecule has 1 aromatic rings. The van der Waals surface area contributed by atoms with Gasteiger partial charge in [-0.25, -0.2) is 4.39 Å². The molecule has 0 heterocycles. The van der Waals surface area contributed by atoms with Crippen LogP contribution in [-0.2, 0) is 6.54 Å². The second-order valence-electron chi connectivity index (χ2n) is 5.15. The van der Waals surface area contributed by atoms with E-state index < -0.39 is 0 Å². The van der Waals surface area contributed by atoms with Crippen molar-refractivity contribution in [2.45, 2.75) is 32.2 Å². The Morgan fingerprint density at radius 1 is 1.10 bits per heavy atom. The molecular weight excluding hydrogens is 269 g/mol. The van der Waals surface area contributed by atoms with E-state index in [-0.39, 0.29) is 19.0 Å². The van der Waals surface area contributed by atoms with E-state index in [0.717, 1.165) is 31.4 Å². The topological polar surface area (TPSA) is 43.7 Å². The standard InChI is InChI=1S/C17H24FNO2/c1-19(8-4-2-5-9-20)14-16-11-15(7-3-6-10-21)12-17(18)13-16/h11-13,20-21H,2,4-6,8-10,14H2,1H3. The van der Waals surface area contributed by atoms with E-state index in [1.54, 1.807) is 0 Å². The summed E-state index contributed by atoms with van der Waals surface area (Å²) in [4.78, 5) is 2.14. The van der Waals surface area contributed by atoms with Crippen LogP contribution in [-0.4, -0.2) is 41.9 Å². The highest BCUT2D eigenvalue weighted by molar-refractivity contribution is 5.37. The maximum absolute atomic E-state index is 13.6. The van der Waals surface area contributed by atoms with E-state index in [1.807, 2.05) is 13.1 Å². The van der Waals surface area contributed by atoms with Crippen molar-refractivity contribution in [3.63, 3.8) is 0 Å². The number of nitrogens with zero attached hydrogens (tertiary/aromatic N) is 1. The number of hydrogen-bond donors (Lipinski definition) is 2. The zero-order valence-electron chi connectivity index (χ0n) is 12.6. The molecule has 1 rings (SSSR count). The predicted octanol–water partition coefficient (Wildman–Crippen LogP) is 2.15. The molecule has 0 amide bonds. The lowest BCUT2D eigenvalue weighted by molar-refractivity contribution is 0.271. The van der Waals surface area contributed by atoms with Gasteiger partial charge >= 0.3 is 0 Å². The van der Waals surface area contributed by atoms with Crippen molar-refractivity contribution in [1.29, 1.82) is 0 Å². The summed E-state index contributed by atoms with van der Waals surface area (Å²) in [7, 11) is 2.00. The summed E-state index contributed by atoms with van der Waals surface area (Å²) in [6.07, 6.45) is 3.26. The normalized spacial score (nSPS) is 10.5. The zero-order chi connectivity index (χ0) is 15.5. The number of aliphatic hydroxyl groups excluding tert-OH is 2. The van der Waals surface area contributed by atoms with Crippen molar-refractivity contribution in [2.24, 2.45) is 0 Å². The molecule has 0 spiro atoms. The van der Waals surface area contributed by atoms with Crippen LogP contribution in [0.1, 0.15) is 36.8 Å². The molecule has 0 saturated heterocycles. The van der Waals surface area contributed by atoms with Gasteiger partial charge < -0.3 is 15.1 Å². The van der Waals surface area contributed by atoms with Gasteiger partial charge in [-0.3, -0.25) is 0 Å². The van der Waals surface area contributed by atoms with Crippen LogP contribution >= 0.6 is 0 Å². The minimum Gasteiger partial charge on any atom is -0.396 e. The van der Waals surface area contributed by atoms with Crippen LogP contribution in [0.25, 0.3) is 0 Å². The Kier molecular flexibility index (Phi) is 8.68. The third kappa shape index (κ3) is 7.81. The zero-order valence-corrected chi connectivity index (χ0v) is 12.6. The summed E-state index contributed by atoms with van der Waals surface area (Å²) in [5, 5.41) is 17.4. The van der Waals surface area contributed by atoms with Gasteiger partial charge in [0.25, 0.3) is 0 Å². The van der Waals surface area contributed by atoms with Gasteiger partial charge in [-0.05, 0) is 56.6 Å². The van der Waals surface area contributed by atoms with Crippen LogP contribution < -0.4 is 0 Å². The second kappa shape index (κ2) is 10.3. The van der Waals surface area contributed by atoms with Crippen molar-refractivity contribution in [3.8, 4) is 11.8 Å². The SMILES string of the molecule is CN(CCCCCO)Cc1cc(F)cc(C#CCCO)c1. The summed E-state index contributed by atoms with van der Waals surface area (Å²) in [5.41, 5.74) is 1.54. The molecular formula is C17H24FNO2. The third-order valence-corrected chi connectivity index (χ3v) is 3.08. The fraction of sp³-hybridized carbons (Fsp3) is 0.529. The average Bonchev–Trinajstić information content (AvgIpc) is 2.43. The molecule has 3 nitrogen and oxygen atoms in total. The molecule has 0 aromatic heterocycles. The Hall–Kier alpha value is -1.41. The first-order valence-corrected chi connectivity index (χ1v) is 7.34. The smallest absolute Gasteiger partial charge is 0.124 e. The molecule has 0 bridgehead atoms. The van der Waals surface area contributed by atoms with Gasteiger partial charge in [-0.15, -0.1) is 0 Å². The first-order chi connectivity index (χ1) is 10.2. The third-order valence-electron chi connectivity index (χ3n) is 3.08. The highest BCUT2D eigenvalue weighted by Gasteiger charge is 2.03. The summed E-state index contributed by atoms with van der Waals surface area (Å²) in [5.74, 6) is 5.38. The van der Waals surface area contributed by atoms with Crippen LogP contribution in [0.2, 0.25) is 0 Å². The Morgan fingerprint density at radius 2 is 1.90 bits per heavy atom. The Bertz CT molecular complexity index is 479. The molecule has 0 saturated carbocycles. The quantitative estimate of drug-likeness (QED) is 0.570. The Morgan fingerprint density at radius 3 is 2.62 bits per heavy atom. The lowest BCUT2D eigenvalue weighted by Crippen LogP contribution is -2.19. The number of unbranched alkanes of at least 4 members (excludes halogenated alkanes) is 2. The highest BCUT2D eigenvalue weighted by Crippen LogP contribution is 2.11. The monoisotopic (exact) mass is 293 g/mol. The van der Waals surface area contributed by atoms with Gasteiger partial charge in [0.1, 0.15) is 5.82 Å². The van der Waals surface area contributed by atoms with Gasteiger partial charge in [0.15, 0.2) is 0 Å². The summed E-state index contributed by atoms with van der Waals surface area (Å²) < 4.78 is 13.6. The van der Waals surface area contributed by atoms with Gasteiger partial charge in [0, 0.05) is 25.1 Å². The summed E-state index contributed by atoms with van der Waals surface area (Å²) in [6, 6.07) is 4.83. The Labute approximate surface area is 126 Å². The number of benzene rings is 1. The molecule has 0 aliphatic rings. The molecule has 0 aliphatic heterocycles. The largest absolute Gasteiger partial charge is 0.396 e. The van der Waals surface area contributed by atoms with E-state index in [4.69, 9.17) is 10.2 Å². The minimum atomic E-state index is -0.283. The maximum atomic E-state index is 13.6. The molecule has 0 fully saturated rings. The highest BCUT2D eigenvalue weighted by atomic mass is 19.1. The van der Waals surface area contributed by atoms with E-state index in [9.17, 15) is 4.39 Å². The van der Waals surface area contributed by atoms with Crippen molar-refractivity contribution >= 4 is 0 Å². The van der Waals surface area contributed by atoms with Crippen molar-refractivity contribution < 1.29 is 14.6 Å². The summed E-state index contributed by atoms with van der Waals surface area (Å²) in [6.45, 7) is 1.85. The number of aliphatic hydroxyl groups is 2. The van der Waals surface area contributed by atoms with E-state index >= 15 is 0 Å². The molecule has 21 heavy (non-hydrogen) atoms. The second-order valence-corrected chi connectivity index (χ2v) is 5.15. The number of halogens is 1. The van der Waals surface area contributed by atoms with Crippen molar-refractivity contribution in [3.05, 3.63) is 35.1 Å². The predicted molar refractivity (Wildman–Crippen MR) is 82.3 cm³/mol. The molecule has 0 radical (unpaired) electrons. The molecule has 0 unspecified atom stereocenters. The van der Waals surface area contributed by atoms with Gasteiger partial charge in [0.05, 0.1) is 6.61 Å². The fourth-order valence-electron chi connectivity index (χ4n) is 2.10. The van der Waals surface area contributed by atoms with Gasteiger partial charge in [0.2, 0.25) is 0 Å². The van der Waals surface area contributed by atoms with Crippen molar-refractivity contribution in [1.82, 2.24) is 4.90 Å². The fourth-order valence-corrected chi connectivity index (χ4v) is 2.10. The van der Waals surface area contributed by atoms with Crippen LogP contribution in [0.5, 0.6) is 0 Å². The summed E-state index contributed by atoms with van der Waals surface area (Å²) >= 11 is 0. The number of rotatable bonds is 8. The van der Waals surface area contributed by atoms with E-state index in [0.29, 0.717) is 18.5 Å². The van der Waals surface area contributed by atoms with Crippen LogP contribution in [0.3, 0.4) is 0 Å². The van der Waals surface area contributed by atoms with Crippen LogP contribution in [0.15, 0.2) is 18.2 Å². The van der Waals surface area contributed by atoms with Crippen LogP contribution in [0, 0.1) is 17.7 Å². The molecule has 0 atom stereocenters. The molecule has 2 N–H and O–H groups in total. The van der Waals surface area contributed by atoms with E-state index in [2.05, 4.69) is 16.7 Å². The average molecular weight is 293 g/mol. The maximum Gasteiger partial charge on any atom is 0.124 e. The van der Waals surface area contributed by atoms with E-state index in [1.165, 1.54) is 12.1 Å². The molecule has 1 aromatic carbocycles. The molecule has 4 heteroatoms. The lowest BCUT2D eigenvalue weighted by atomic mass is 10.1. The molecule has 116 valence electrons. The lowest BCUT2D eigenvalue weighted by Gasteiger charge is -2.16. The van der Waals surface area contributed by atoms with Gasteiger partial charge in [-0.2, -0.15) is 0 Å². The van der Waals surface area contributed by atoms with Crippen molar-refractivity contribution in [2.75, 3.05) is 26.8 Å². The van der Waals surface area contributed by atoms with Gasteiger partial charge in [-0.1, -0.05) is 11.8 Å².